The largest absolute Gasteiger partial charge is 0.481 e. The number of hydrogen-bond donors (Lipinski definition) is 1. The van der Waals surface area contributed by atoms with Gasteiger partial charge in [0.05, 0.1) is 27.2 Å². The van der Waals surface area contributed by atoms with Gasteiger partial charge in [-0.05, 0) is 19.1 Å². The van der Waals surface area contributed by atoms with Crippen LogP contribution in [0.3, 0.4) is 0 Å². The maximum absolute atomic E-state index is 10.6. The summed E-state index contributed by atoms with van der Waals surface area (Å²) in [5, 5.41) is 9.92. The predicted octanol–water partition coefficient (Wildman–Crippen LogP) is 3.95. The number of carboxylic acids is 1. The lowest BCUT2D eigenvalue weighted by Crippen LogP contribution is -2.26. The fourth-order valence-corrected chi connectivity index (χ4v) is 2.09. The lowest BCUT2D eigenvalue weighted by atomic mass is 10.2. The van der Waals surface area contributed by atoms with Crippen molar-refractivity contribution in [2.45, 2.75) is 13.3 Å². The van der Waals surface area contributed by atoms with Crippen LogP contribution >= 0.6 is 34.8 Å². The van der Waals surface area contributed by atoms with Gasteiger partial charge in [0.2, 0.25) is 0 Å². The molecule has 0 unspecified atom stereocenters. The van der Waals surface area contributed by atoms with E-state index in [4.69, 9.17) is 39.9 Å². The minimum Gasteiger partial charge on any atom is -0.481 e. The summed E-state index contributed by atoms with van der Waals surface area (Å²) in [5.41, 5.74) is 0.699. The van der Waals surface area contributed by atoms with Crippen LogP contribution < -0.4 is 4.90 Å². The number of nitrogens with zero attached hydrogens (tertiary/aromatic N) is 1. The number of anilines is 1. The van der Waals surface area contributed by atoms with Crippen molar-refractivity contribution in [2.75, 3.05) is 18.0 Å². The van der Waals surface area contributed by atoms with E-state index in [0.29, 0.717) is 33.8 Å². The van der Waals surface area contributed by atoms with E-state index < -0.39 is 5.97 Å². The summed E-state index contributed by atoms with van der Waals surface area (Å²) in [6.07, 6.45) is 0.0460. The highest BCUT2D eigenvalue weighted by molar-refractivity contribution is 6.44. The molecule has 0 heterocycles. The molecule has 0 aromatic heterocycles. The summed E-state index contributed by atoms with van der Waals surface area (Å²) < 4.78 is 0. The highest BCUT2D eigenvalue weighted by atomic mass is 35.5. The van der Waals surface area contributed by atoms with E-state index in [9.17, 15) is 4.79 Å². The first kappa shape index (κ1) is 14.4. The lowest BCUT2D eigenvalue weighted by molar-refractivity contribution is -0.136. The molecule has 0 atom stereocenters. The quantitative estimate of drug-likeness (QED) is 0.836. The van der Waals surface area contributed by atoms with Crippen LogP contribution in [0.25, 0.3) is 0 Å². The molecule has 1 rings (SSSR count). The summed E-state index contributed by atoms with van der Waals surface area (Å²) in [5.74, 6) is -0.848. The lowest BCUT2D eigenvalue weighted by Gasteiger charge is -2.23. The number of halogens is 3. The highest BCUT2D eigenvalue weighted by Gasteiger charge is 2.13. The van der Waals surface area contributed by atoms with Gasteiger partial charge in [0, 0.05) is 13.1 Å². The van der Waals surface area contributed by atoms with Gasteiger partial charge in [-0.3, -0.25) is 4.79 Å². The normalized spacial score (nSPS) is 10.4. The molecule has 3 nitrogen and oxygen atoms in total. The second-order valence-corrected chi connectivity index (χ2v) is 4.66. The first-order valence-corrected chi connectivity index (χ1v) is 6.20. The number of aliphatic carboxylic acids is 1. The van der Waals surface area contributed by atoms with Gasteiger partial charge >= 0.3 is 5.97 Å². The molecule has 6 heteroatoms. The Balaban J connectivity index is 2.95. The molecule has 0 spiro atoms. The Bertz CT molecular complexity index is 423. The van der Waals surface area contributed by atoms with Crippen molar-refractivity contribution in [2.24, 2.45) is 0 Å². The molecule has 0 saturated heterocycles. The van der Waals surface area contributed by atoms with Crippen LogP contribution in [-0.4, -0.2) is 24.2 Å². The third-order valence-electron chi connectivity index (χ3n) is 2.31. The predicted molar refractivity (Wildman–Crippen MR) is 71.6 cm³/mol. The molecule has 0 aliphatic heterocycles. The van der Waals surface area contributed by atoms with Crippen molar-refractivity contribution < 1.29 is 9.90 Å². The van der Waals surface area contributed by atoms with Gasteiger partial charge in [-0.1, -0.05) is 34.8 Å². The van der Waals surface area contributed by atoms with Gasteiger partial charge in [0.1, 0.15) is 0 Å². The fourth-order valence-electron chi connectivity index (χ4n) is 1.43. The third-order valence-corrected chi connectivity index (χ3v) is 3.33. The monoisotopic (exact) mass is 295 g/mol. The van der Waals surface area contributed by atoms with Crippen LogP contribution in [0.15, 0.2) is 12.1 Å². The maximum atomic E-state index is 10.6. The maximum Gasteiger partial charge on any atom is 0.305 e. The summed E-state index contributed by atoms with van der Waals surface area (Å²) >= 11 is 17.8. The number of benzene rings is 1. The number of hydrogen-bond acceptors (Lipinski definition) is 2. The molecule has 94 valence electrons. The summed E-state index contributed by atoms with van der Waals surface area (Å²) in [7, 11) is 0. The average molecular weight is 297 g/mol. The summed E-state index contributed by atoms with van der Waals surface area (Å²) in [4.78, 5) is 12.4. The molecule has 0 aliphatic carbocycles. The van der Waals surface area contributed by atoms with Crippen LogP contribution in [0.4, 0.5) is 5.69 Å². The van der Waals surface area contributed by atoms with Gasteiger partial charge in [-0.15, -0.1) is 0 Å². The van der Waals surface area contributed by atoms with E-state index in [0.717, 1.165) is 0 Å². The molecule has 1 N–H and O–H groups in total. The van der Waals surface area contributed by atoms with E-state index in [1.165, 1.54) is 0 Å². The zero-order chi connectivity index (χ0) is 13.0. The summed E-state index contributed by atoms with van der Waals surface area (Å²) in [6.45, 7) is 2.94. The Morgan fingerprint density at radius 3 is 2.35 bits per heavy atom. The zero-order valence-corrected chi connectivity index (χ0v) is 11.5. The van der Waals surface area contributed by atoms with Crippen LogP contribution in [0, 0.1) is 0 Å². The van der Waals surface area contributed by atoms with E-state index in [1.54, 1.807) is 12.1 Å². The van der Waals surface area contributed by atoms with Crippen molar-refractivity contribution >= 4 is 46.5 Å². The third kappa shape index (κ3) is 3.95. The SMILES string of the molecule is CCN(CCC(=O)O)c1cc(Cl)c(Cl)cc1Cl. The molecular weight excluding hydrogens is 284 g/mol. The van der Waals surface area contributed by atoms with Crippen LogP contribution in [-0.2, 0) is 4.79 Å². The molecule has 0 fully saturated rings. The first-order chi connectivity index (χ1) is 7.95. The zero-order valence-electron chi connectivity index (χ0n) is 9.21. The van der Waals surface area contributed by atoms with E-state index in [1.807, 2.05) is 11.8 Å². The number of rotatable bonds is 5. The van der Waals surface area contributed by atoms with E-state index in [-0.39, 0.29) is 6.42 Å². The minimum atomic E-state index is -0.848. The van der Waals surface area contributed by atoms with Gasteiger partial charge in [0.15, 0.2) is 0 Å². The highest BCUT2D eigenvalue weighted by Crippen LogP contribution is 2.34. The smallest absolute Gasteiger partial charge is 0.305 e. The molecule has 1 aromatic carbocycles. The van der Waals surface area contributed by atoms with Gasteiger partial charge < -0.3 is 10.0 Å². The Morgan fingerprint density at radius 1 is 1.24 bits per heavy atom. The van der Waals surface area contributed by atoms with Crippen molar-refractivity contribution in [3.05, 3.63) is 27.2 Å². The van der Waals surface area contributed by atoms with Gasteiger partial charge in [-0.2, -0.15) is 0 Å². The molecule has 1 aromatic rings. The second kappa shape index (κ2) is 6.34. The Morgan fingerprint density at radius 2 is 1.82 bits per heavy atom. The average Bonchev–Trinajstić information content (AvgIpc) is 2.25. The first-order valence-electron chi connectivity index (χ1n) is 5.07. The molecule has 17 heavy (non-hydrogen) atoms. The van der Waals surface area contributed by atoms with Gasteiger partial charge in [0.25, 0.3) is 0 Å². The van der Waals surface area contributed by atoms with Crippen LogP contribution in [0.1, 0.15) is 13.3 Å². The molecule has 0 radical (unpaired) electrons. The van der Waals surface area contributed by atoms with E-state index >= 15 is 0 Å². The topological polar surface area (TPSA) is 40.5 Å². The molecule has 0 aliphatic rings. The summed E-state index contributed by atoms with van der Waals surface area (Å²) in [6, 6.07) is 3.21. The number of carbonyl (C=O) groups is 1. The Hall–Kier alpha value is -0.640. The molecule has 0 saturated carbocycles. The number of carboxylic acid groups (broad SMARTS) is 1. The van der Waals surface area contributed by atoms with Crippen LogP contribution in [0.2, 0.25) is 15.1 Å². The fraction of sp³-hybridized carbons (Fsp3) is 0.364. The van der Waals surface area contributed by atoms with Crippen LogP contribution in [0.5, 0.6) is 0 Å². The van der Waals surface area contributed by atoms with Crippen molar-refractivity contribution in [1.82, 2.24) is 0 Å². The second-order valence-electron chi connectivity index (χ2n) is 3.44. The Kier molecular flexibility index (Phi) is 5.37. The van der Waals surface area contributed by atoms with Crippen molar-refractivity contribution in [1.29, 1.82) is 0 Å². The standard InChI is InChI=1S/C11H12Cl3NO2/c1-2-15(4-3-11(16)17)10-6-8(13)7(12)5-9(10)14/h5-6H,2-4H2,1H3,(H,16,17). The van der Waals surface area contributed by atoms with Crippen molar-refractivity contribution in [3.8, 4) is 0 Å². The molecular formula is C11H12Cl3NO2. The Labute approximate surface area is 115 Å². The van der Waals surface area contributed by atoms with Crippen molar-refractivity contribution in [3.63, 3.8) is 0 Å². The molecule has 0 bridgehead atoms. The molecule has 0 amide bonds. The minimum absolute atomic E-state index is 0.0460. The van der Waals surface area contributed by atoms with Gasteiger partial charge in [-0.25, -0.2) is 0 Å². The van der Waals surface area contributed by atoms with E-state index in [2.05, 4.69) is 0 Å².